The van der Waals surface area contributed by atoms with Gasteiger partial charge in [-0.3, -0.25) is 4.79 Å². The molecule has 0 unspecified atom stereocenters. The van der Waals surface area contributed by atoms with Crippen LogP contribution in [0.25, 0.3) is 0 Å². The van der Waals surface area contributed by atoms with Crippen molar-refractivity contribution < 1.29 is 14.7 Å². The predicted molar refractivity (Wildman–Crippen MR) is 77.6 cm³/mol. The maximum Gasteiger partial charge on any atom is 0.326 e. The average Bonchev–Trinajstić information content (AvgIpc) is 2.48. The summed E-state index contributed by atoms with van der Waals surface area (Å²) in [5.74, 6) is -0.946. The van der Waals surface area contributed by atoms with Crippen molar-refractivity contribution in [2.45, 2.75) is 12.5 Å². The molecule has 1 aromatic heterocycles. The fraction of sp³-hybridized carbons (Fsp3) is 0.143. The molecule has 0 saturated heterocycles. The minimum absolute atomic E-state index is 0.0219. The monoisotopic (exact) mass is 305 g/mol. The Balaban J connectivity index is 2.23. The largest absolute Gasteiger partial charge is 0.480 e. The third-order valence-electron chi connectivity index (χ3n) is 2.84. The Morgan fingerprint density at radius 2 is 2.05 bits per heavy atom. The molecule has 1 atom stereocenters. The minimum Gasteiger partial charge on any atom is -0.480 e. The highest BCUT2D eigenvalue weighted by atomic mass is 35.5. The molecule has 0 saturated carbocycles. The van der Waals surface area contributed by atoms with E-state index in [2.05, 4.69) is 15.3 Å². The molecule has 0 aliphatic heterocycles. The smallest absolute Gasteiger partial charge is 0.326 e. The Morgan fingerprint density at radius 1 is 1.33 bits per heavy atom. The number of aliphatic carboxylic acids is 1. The molecule has 0 bridgehead atoms. The van der Waals surface area contributed by atoms with Crippen LogP contribution in [-0.2, 0) is 11.2 Å². The first-order chi connectivity index (χ1) is 10.1. The van der Waals surface area contributed by atoms with Gasteiger partial charge in [-0.2, -0.15) is 0 Å². The van der Waals surface area contributed by atoms with E-state index in [1.54, 1.807) is 0 Å². The molecule has 1 heterocycles. The zero-order chi connectivity index (χ0) is 15.2. The van der Waals surface area contributed by atoms with Crippen LogP contribution in [0.4, 0.5) is 5.82 Å². The second-order valence-corrected chi connectivity index (χ2v) is 4.63. The van der Waals surface area contributed by atoms with Crippen molar-refractivity contribution in [2.75, 3.05) is 5.32 Å². The summed E-state index contributed by atoms with van der Waals surface area (Å²) in [5.41, 5.74) is 0.892. The fourth-order valence-corrected chi connectivity index (χ4v) is 1.99. The molecular formula is C14H12ClN3O3. The van der Waals surface area contributed by atoms with Gasteiger partial charge in [-0.05, 0) is 5.56 Å². The van der Waals surface area contributed by atoms with Gasteiger partial charge in [-0.15, -0.1) is 0 Å². The molecule has 0 amide bonds. The lowest BCUT2D eigenvalue weighted by Crippen LogP contribution is -2.32. The van der Waals surface area contributed by atoms with Gasteiger partial charge >= 0.3 is 5.97 Å². The number of hydrogen-bond acceptors (Lipinski definition) is 5. The van der Waals surface area contributed by atoms with E-state index in [9.17, 15) is 14.7 Å². The summed E-state index contributed by atoms with van der Waals surface area (Å²) in [6.45, 7) is 0. The van der Waals surface area contributed by atoms with Crippen molar-refractivity contribution in [3.05, 3.63) is 52.9 Å². The van der Waals surface area contributed by atoms with Crippen LogP contribution in [-0.4, -0.2) is 33.4 Å². The lowest BCUT2D eigenvalue weighted by Gasteiger charge is -2.16. The first-order valence-electron chi connectivity index (χ1n) is 6.10. The number of carboxylic acid groups (broad SMARTS) is 1. The quantitative estimate of drug-likeness (QED) is 0.627. The molecule has 1 aromatic carbocycles. The Hall–Kier alpha value is -2.47. The second-order valence-electron chi connectivity index (χ2n) is 4.27. The summed E-state index contributed by atoms with van der Waals surface area (Å²) in [7, 11) is 0. The van der Waals surface area contributed by atoms with Gasteiger partial charge in [0.1, 0.15) is 23.3 Å². The molecule has 0 aliphatic carbocycles. The molecule has 2 rings (SSSR count). The van der Waals surface area contributed by atoms with Crippen molar-refractivity contribution in [3.63, 3.8) is 0 Å². The number of anilines is 1. The molecule has 108 valence electrons. The number of carboxylic acids is 1. The zero-order valence-corrected chi connectivity index (χ0v) is 11.6. The third kappa shape index (κ3) is 3.76. The number of aldehydes is 1. The maximum atomic E-state index is 11.4. The highest BCUT2D eigenvalue weighted by molar-refractivity contribution is 6.32. The Morgan fingerprint density at radius 3 is 2.67 bits per heavy atom. The lowest BCUT2D eigenvalue weighted by molar-refractivity contribution is -0.137. The van der Waals surface area contributed by atoms with Crippen LogP contribution < -0.4 is 5.32 Å². The number of nitrogens with one attached hydrogen (secondary N) is 1. The first-order valence-corrected chi connectivity index (χ1v) is 6.48. The number of carbonyl (C=O) groups is 2. The van der Waals surface area contributed by atoms with E-state index < -0.39 is 12.0 Å². The summed E-state index contributed by atoms with van der Waals surface area (Å²) >= 11 is 5.78. The number of carbonyl (C=O) groups excluding carboxylic acids is 1. The maximum absolute atomic E-state index is 11.4. The number of hydrogen-bond donors (Lipinski definition) is 2. The van der Waals surface area contributed by atoms with E-state index in [4.69, 9.17) is 11.6 Å². The van der Waals surface area contributed by atoms with Gasteiger partial charge in [0.15, 0.2) is 6.29 Å². The summed E-state index contributed by atoms with van der Waals surface area (Å²) in [6.07, 6.45) is 1.90. The summed E-state index contributed by atoms with van der Waals surface area (Å²) in [6, 6.07) is 8.22. The van der Waals surface area contributed by atoms with E-state index in [1.165, 1.54) is 6.33 Å². The molecule has 7 heteroatoms. The number of aromatic nitrogens is 2. The zero-order valence-electron chi connectivity index (χ0n) is 10.9. The normalized spacial score (nSPS) is 11.7. The molecule has 6 nitrogen and oxygen atoms in total. The number of rotatable bonds is 6. The standard InChI is InChI=1S/C14H12ClN3O3/c15-12-10(7-19)13(17-8-16-12)18-11(14(20)21)6-9-4-2-1-3-5-9/h1-5,7-8,11H,6H2,(H,20,21)(H,16,17,18)/t11-/m0/s1. The summed E-state index contributed by atoms with van der Waals surface area (Å²) in [5, 5.41) is 12.0. The van der Waals surface area contributed by atoms with Crippen LogP contribution in [0.15, 0.2) is 36.7 Å². The van der Waals surface area contributed by atoms with Crippen LogP contribution in [0.2, 0.25) is 5.15 Å². The van der Waals surface area contributed by atoms with Crippen molar-refractivity contribution in [1.82, 2.24) is 9.97 Å². The van der Waals surface area contributed by atoms with Crippen LogP contribution in [0.1, 0.15) is 15.9 Å². The van der Waals surface area contributed by atoms with Crippen molar-refractivity contribution in [3.8, 4) is 0 Å². The summed E-state index contributed by atoms with van der Waals surface area (Å²) < 4.78 is 0. The van der Waals surface area contributed by atoms with Gasteiger partial charge in [0.05, 0.1) is 5.56 Å². The van der Waals surface area contributed by atoms with E-state index in [0.29, 0.717) is 6.29 Å². The number of benzene rings is 1. The Kier molecular flexibility index (Phi) is 4.84. The van der Waals surface area contributed by atoms with E-state index in [1.807, 2.05) is 30.3 Å². The van der Waals surface area contributed by atoms with Gasteiger partial charge in [-0.25, -0.2) is 14.8 Å². The van der Waals surface area contributed by atoms with Crippen molar-refractivity contribution in [2.24, 2.45) is 0 Å². The lowest BCUT2D eigenvalue weighted by atomic mass is 10.1. The highest BCUT2D eigenvalue weighted by Crippen LogP contribution is 2.19. The molecular weight excluding hydrogens is 294 g/mol. The van der Waals surface area contributed by atoms with Gasteiger partial charge in [0, 0.05) is 6.42 Å². The first kappa shape index (κ1) is 14.9. The third-order valence-corrected chi connectivity index (χ3v) is 3.15. The molecule has 2 aromatic rings. The predicted octanol–water partition coefficient (Wildman–Crippen LogP) is 2.05. The molecule has 2 N–H and O–H groups in total. The van der Waals surface area contributed by atoms with E-state index in [0.717, 1.165) is 5.56 Å². The second kappa shape index (κ2) is 6.81. The van der Waals surface area contributed by atoms with Gasteiger partial charge in [0.25, 0.3) is 0 Å². The van der Waals surface area contributed by atoms with E-state index in [-0.39, 0.29) is 23.0 Å². The van der Waals surface area contributed by atoms with Gasteiger partial charge < -0.3 is 10.4 Å². The van der Waals surface area contributed by atoms with Crippen LogP contribution in [0.3, 0.4) is 0 Å². The minimum atomic E-state index is -1.05. The number of halogens is 1. The Bertz CT molecular complexity index is 649. The SMILES string of the molecule is O=Cc1c(Cl)ncnc1N[C@@H](Cc1ccccc1)C(=O)O. The number of nitrogens with zero attached hydrogens (tertiary/aromatic N) is 2. The average molecular weight is 306 g/mol. The molecule has 21 heavy (non-hydrogen) atoms. The van der Waals surface area contributed by atoms with E-state index >= 15 is 0 Å². The van der Waals surface area contributed by atoms with Crippen molar-refractivity contribution in [1.29, 1.82) is 0 Å². The highest BCUT2D eigenvalue weighted by Gasteiger charge is 2.20. The van der Waals surface area contributed by atoms with Crippen LogP contribution in [0, 0.1) is 0 Å². The summed E-state index contributed by atoms with van der Waals surface area (Å²) in [4.78, 5) is 29.9. The molecule has 0 fully saturated rings. The fourth-order valence-electron chi connectivity index (χ4n) is 1.81. The molecule has 0 radical (unpaired) electrons. The van der Waals surface area contributed by atoms with Crippen LogP contribution >= 0.6 is 11.6 Å². The van der Waals surface area contributed by atoms with Crippen LogP contribution in [0.5, 0.6) is 0 Å². The van der Waals surface area contributed by atoms with Gasteiger partial charge in [-0.1, -0.05) is 41.9 Å². The van der Waals surface area contributed by atoms with Gasteiger partial charge in [0.2, 0.25) is 0 Å². The molecule has 0 aliphatic rings. The molecule has 0 spiro atoms. The Labute approximate surface area is 125 Å². The topological polar surface area (TPSA) is 92.2 Å². The van der Waals surface area contributed by atoms with Crippen molar-refractivity contribution >= 4 is 29.7 Å².